The molecule has 0 saturated heterocycles. The molecule has 0 fully saturated rings. The Hall–Kier alpha value is -2.09. The third kappa shape index (κ3) is 3.22. The Morgan fingerprint density at radius 1 is 1.21 bits per heavy atom. The highest BCUT2D eigenvalue weighted by Crippen LogP contribution is 2.26. The minimum atomic E-state index is -1.24. The molecule has 19 heavy (non-hydrogen) atoms. The Labute approximate surface area is 119 Å². The van der Waals surface area contributed by atoms with Gasteiger partial charge < -0.3 is 9.90 Å². The maximum atomic E-state index is 10.6. The highest BCUT2D eigenvalue weighted by molar-refractivity contribution is 7.17. The minimum absolute atomic E-state index is 0.0835. The fourth-order valence-corrected chi connectivity index (χ4v) is 2.52. The average Bonchev–Trinajstić information content (AvgIpc) is 2.81. The number of carboxylic acids is 1. The first-order valence-corrected chi connectivity index (χ1v) is 6.48. The van der Waals surface area contributed by atoms with Crippen LogP contribution >= 0.6 is 22.9 Å². The van der Waals surface area contributed by atoms with Gasteiger partial charge in [-0.25, -0.2) is 0 Å². The van der Waals surface area contributed by atoms with Crippen molar-refractivity contribution in [2.75, 3.05) is 0 Å². The Morgan fingerprint density at radius 2 is 1.84 bits per heavy atom. The zero-order valence-corrected chi connectivity index (χ0v) is 11.2. The molecule has 94 valence electrons. The molecule has 0 aliphatic carbocycles. The molecule has 0 saturated carbocycles. The lowest BCUT2D eigenvalue weighted by atomic mass is 10.0. The van der Waals surface area contributed by atoms with Crippen LogP contribution in [0.25, 0.3) is 11.6 Å². The van der Waals surface area contributed by atoms with Gasteiger partial charge in [0.15, 0.2) is 0 Å². The highest BCUT2D eigenvalue weighted by atomic mass is 35.5. The van der Waals surface area contributed by atoms with Gasteiger partial charge in [-0.05, 0) is 29.3 Å². The van der Waals surface area contributed by atoms with Crippen molar-refractivity contribution < 1.29 is 9.90 Å². The summed E-state index contributed by atoms with van der Waals surface area (Å²) in [5, 5.41) is 19.8. The number of nitrogens with zero attached hydrogens (tertiary/aromatic N) is 1. The summed E-state index contributed by atoms with van der Waals surface area (Å²) in [6, 6.07) is 11.6. The molecule has 1 aromatic heterocycles. The summed E-state index contributed by atoms with van der Waals surface area (Å²) >= 11 is 7.19. The van der Waals surface area contributed by atoms with E-state index in [9.17, 15) is 9.90 Å². The molecule has 3 nitrogen and oxygen atoms in total. The molecule has 0 amide bonds. The maximum Gasteiger partial charge on any atom is 0.0998 e. The topological polar surface area (TPSA) is 63.9 Å². The molecule has 0 aliphatic rings. The number of halogens is 1. The van der Waals surface area contributed by atoms with Gasteiger partial charge >= 0.3 is 0 Å². The predicted molar refractivity (Wildman–Crippen MR) is 73.6 cm³/mol. The van der Waals surface area contributed by atoms with E-state index in [4.69, 9.17) is 16.9 Å². The first-order chi connectivity index (χ1) is 9.10. The second-order valence-corrected chi connectivity index (χ2v) is 5.42. The smallest absolute Gasteiger partial charge is 0.0998 e. The van der Waals surface area contributed by atoms with Gasteiger partial charge in [0.05, 0.1) is 21.9 Å². The van der Waals surface area contributed by atoms with E-state index < -0.39 is 5.97 Å². The Balaban J connectivity index is 2.35. The van der Waals surface area contributed by atoms with Crippen LogP contribution in [0.4, 0.5) is 0 Å². The number of allylic oxidation sites excluding steroid dienone is 1. The van der Waals surface area contributed by atoms with Crippen LogP contribution in [0.15, 0.2) is 36.4 Å². The quantitative estimate of drug-likeness (QED) is 0.816. The van der Waals surface area contributed by atoms with Crippen molar-refractivity contribution in [1.29, 1.82) is 5.26 Å². The summed E-state index contributed by atoms with van der Waals surface area (Å²) in [7, 11) is 0. The van der Waals surface area contributed by atoms with Crippen LogP contribution in [0.2, 0.25) is 4.34 Å². The van der Waals surface area contributed by atoms with Gasteiger partial charge in [0.2, 0.25) is 0 Å². The van der Waals surface area contributed by atoms with Gasteiger partial charge in [0.25, 0.3) is 0 Å². The summed E-state index contributed by atoms with van der Waals surface area (Å²) < 4.78 is 0.649. The molecule has 0 bridgehead atoms. The molecule has 0 aliphatic heterocycles. The third-order valence-electron chi connectivity index (χ3n) is 2.43. The number of carboxylic acid groups (broad SMARTS) is 1. The van der Waals surface area contributed by atoms with Crippen LogP contribution < -0.4 is 5.11 Å². The minimum Gasteiger partial charge on any atom is -0.545 e. The van der Waals surface area contributed by atoms with Crippen molar-refractivity contribution >= 4 is 40.6 Å². The van der Waals surface area contributed by atoms with Gasteiger partial charge in [-0.2, -0.15) is 5.26 Å². The first kappa shape index (κ1) is 13.3. The van der Waals surface area contributed by atoms with Gasteiger partial charge in [0.1, 0.15) is 0 Å². The fourth-order valence-electron chi connectivity index (χ4n) is 1.51. The van der Waals surface area contributed by atoms with Crippen molar-refractivity contribution in [3.05, 3.63) is 56.7 Å². The molecule has 0 radical (unpaired) electrons. The van der Waals surface area contributed by atoms with E-state index in [1.165, 1.54) is 23.5 Å². The third-order valence-corrected chi connectivity index (χ3v) is 3.61. The van der Waals surface area contributed by atoms with Crippen molar-refractivity contribution in [2.45, 2.75) is 0 Å². The summed E-state index contributed by atoms with van der Waals surface area (Å²) in [5.41, 5.74) is 1.18. The monoisotopic (exact) mass is 288 g/mol. The molecule has 2 aromatic rings. The number of aromatic carboxylic acids is 1. The summed E-state index contributed by atoms with van der Waals surface area (Å²) in [5.74, 6) is -1.24. The fraction of sp³-hybridized carbons (Fsp3) is 0. The molecule has 0 spiro atoms. The molecule has 0 unspecified atom stereocenters. The van der Waals surface area contributed by atoms with Gasteiger partial charge in [-0.3, -0.25) is 0 Å². The van der Waals surface area contributed by atoms with Crippen LogP contribution in [0.5, 0.6) is 0 Å². The molecule has 1 aromatic carbocycles. The second kappa shape index (κ2) is 5.70. The molecular formula is C14H7ClNO2S-. The lowest BCUT2D eigenvalue weighted by Crippen LogP contribution is -2.21. The summed E-state index contributed by atoms with van der Waals surface area (Å²) in [4.78, 5) is 11.5. The van der Waals surface area contributed by atoms with E-state index in [1.807, 2.05) is 6.07 Å². The van der Waals surface area contributed by atoms with E-state index in [2.05, 4.69) is 6.07 Å². The van der Waals surface area contributed by atoms with Gasteiger partial charge in [0, 0.05) is 4.88 Å². The average molecular weight is 289 g/mol. The lowest BCUT2D eigenvalue weighted by molar-refractivity contribution is -0.255. The number of hydrogen-bond acceptors (Lipinski definition) is 4. The van der Waals surface area contributed by atoms with Crippen LogP contribution in [0.3, 0.4) is 0 Å². The molecular weight excluding hydrogens is 282 g/mol. The number of rotatable bonds is 3. The molecule has 5 heteroatoms. The van der Waals surface area contributed by atoms with Crippen LogP contribution in [0.1, 0.15) is 20.8 Å². The van der Waals surface area contributed by atoms with Crippen molar-refractivity contribution in [3.63, 3.8) is 0 Å². The first-order valence-electron chi connectivity index (χ1n) is 5.29. The van der Waals surface area contributed by atoms with Gasteiger partial charge in [-0.15, -0.1) is 11.3 Å². The summed E-state index contributed by atoms with van der Waals surface area (Å²) in [6.07, 6.45) is 1.71. The Bertz CT molecular complexity index is 680. The molecule has 0 atom stereocenters. The lowest BCUT2D eigenvalue weighted by Gasteiger charge is -2.03. The number of benzene rings is 1. The van der Waals surface area contributed by atoms with E-state index in [0.29, 0.717) is 15.5 Å². The van der Waals surface area contributed by atoms with Crippen molar-refractivity contribution in [2.24, 2.45) is 0 Å². The van der Waals surface area contributed by atoms with Crippen LogP contribution in [-0.4, -0.2) is 5.97 Å². The predicted octanol–water partition coefficient (Wildman–Crippen LogP) is 2.83. The van der Waals surface area contributed by atoms with Gasteiger partial charge in [-0.1, -0.05) is 35.9 Å². The number of thiophene rings is 1. The maximum absolute atomic E-state index is 10.6. The van der Waals surface area contributed by atoms with E-state index in [-0.39, 0.29) is 5.56 Å². The zero-order valence-electron chi connectivity index (χ0n) is 9.59. The number of carbonyl (C=O) groups excluding carboxylic acids is 1. The van der Waals surface area contributed by atoms with E-state index in [0.717, 1.165) is 4.88 Å². The number of nitriles is 1. The SMILES string of the molecule is N#C/C(=C\c1ccc(Cl)s1)c1ccc(C(=O)[O-])cc1. The van der Waals surface area contributed by atoms with E-state index in [1.54, 1.807) is 24.3 Å². The molecule has 2 rings (SSSR count). The standard InChI is InChI=1S/C14H8ClNO2S/c15-13-6-5-12(19-13)7-11(8-16)9-1-3-10(4-2-9)14(17)18/h1-7H,(H,17,18)/p-1/b11-7+. The Morgan fingerprint density at radius 3 is 2.32 bits per heavy atom. The van der Waals surface area contributed by atoms with Crippen molar-refractivity contribution in [3.8, 4) is 6.07 Å². The molecule has 1 heterocycles. The van der Waals surface area contributed by atoms with Crippen molar-refractivity contribution in [1.82, 2.24) is 0 Å². The largest absolute Gasteiger partial charge is 0.545 e. The summed E-state index contributed by atoms with van der Waals surface area (Å²) in [6.45, 7) is 0. The van der Waals surface area contributed by atoms with Crippen LogP contribution in [-0.2, 0) is 0 Å². The molecule has 0 N–H and O–H groups in total. The second-order valence-electron chi connectivity index (χ2n) is 3.68. The van der Waals surface area contributed by atoms with E-state index >= 15 is 0 Å². The number of hydrogen-bond donors (Lipinski definition) is 0. The Kier molecular flexibility index (Phi) is 4.00. The zero-order chi connectivity index (χ0) is 13.8. The highest BCUT2D eigenvalue weighted by Gasteiger charge is 2.03. The normalized spacial score (nSPS) is 11.1. The van der Waals surface area contributed by atoms with Crippen LogP contribution in [0, 0.1) is 11.3 Å². The number of carbonyl (C=O) groups is 1.